The van der Waals surface area contributed by atoms with Gasteiger partial charge in [0.15, 0.2) is 0 Å². The molecule has 1 aliphatic carbocycles. The van der Waals surface area contributed by atoms with Gasteiger partial charge in [-0.15, -0.1) is 0 Å². The third kappa shape index (κ3) is 4.27. The van der Waals surface area contributed by atoms with E-state index in [-0.39, 0.29) is 6.61 Å². The summed E-state index contributed by atoms with van der Waals surface area (Å²) < 4.78 is 18.8. The molecule has 0 saturated heterocycles. The highest BCUT2D eigenvalue weighted by Gasteiger charge is 2.46. The molecule has 0 N–H and O–H groups in total. The molecule has 0 bridgehead atoms. The van der Waals surface area contributed by atoms with E-state index in [0.29, 0.717) is 5.92 Å². The van der Waals surface area contributed by atoms with E-state index in [1.54, 1.807) is 7.11 Å². The molecular weight excluding hydrogens is 432 g/mol. The van der Waals surface area contributed by atoms with Crippen LogP contribution in [-0.2, 0) is 15.1 Å². The van der Waals surface area contributed by atoms with E-state index in [2.05, 4.69) is 98.8 Å². The monoisotopic (exact) mass is 464 g/mol. The lowest BCUT2D eigenvalue weighted by Crippen LogP contribution is -2.36. The van der Waals surface area contributed by atoms with E-state index in [0.717, 1.165) is 28.9 Å². The number of hydrogen-bond donors (Lipinski definition) is 0. The molecular formula is C32H32O3. The predicted octanol–water partition coefficient (Wildman–Crippen LogP) is 7.54. The van der Waals surface area contributed by atoms with Crippen LogP contribution in [0.3, 0.4) is 0 Å². The maximum Gasteiger partial charge on any atom is 0.223 e. The second-order valence-corrected chi connectivity index (χ2v) is 9.11. The molecule has 0 aromatic heterocycles. The number of hydrogen-bond acceptors (Lipinski definition) is 3. The number of rotatable bonds is 9. The molecule has 0 saturated carbocycles. The Labute approximate surface area is 208 Å². The van der Waals surface area contributed by atoms with Crippen LogP contribution in [0.15, 0.2) is 103 Å². The summed E-state index contributed by atoms with van der Waals surface area (Å²) in [6.45, 7) is 4.71. The van der Waals surface area contributed by atoms with E-state index in [1.807, 2.05) is 18.2 Å². The Hall–Kier alpha value is -3.40. The summed E-state index contributed by atoms with van der Waals surface area (Å²) in [7, 11) is 1.66. The summed E-state index contributed by atoms with van der Waals surface area (Å²) in [5.74, 6) is 1.30. The van der Waals surface area contributed by atoms with Crippen molar-refractivity contribution in [3.63, 3.8) is 0 Å². The Morgan fingerprint density at radius 3 is 1.86 bits per heavy atom. The molecule has 0 heterocycles. The highest BCUT2D eigenvalue weighted by molar-refractivity contribution is 5.82. The second-order valence-electron chi connectivity index (χ2n) is 9.11. The van der Waals surface area contributed by atoms with E-state index in [1.165, 1.54) is 16.7 Å². The van der Waals surface area contributed by atoms with Gasteiger partial charge in [-0.25, -0.2) is 0 Å². The van der Waals surface area contributed by atoms with Gasteiger partial charge in [0.25, 0.3) is 0 Å². The Morgan fingerprint density at radius 1 is 0.714 bits per heavy atom. The van der Waals surface area contributed by atoms with Gasteiger partial charge in [-0.1, -0.05) is 105 Å². The van der Waals surface area contributed by atoms with Gasteiger partial charge in [-0.2, -0.15) is 0 Å². The standard InChI is InChI=1S/C32H32O3/c1-4-23(2)24-18-20-26(21-19-24)35-31(33-3)22-34-32(25-12-6-5-7-13-25)29-16-10-8-14-27(29)28-15-9-11-17-30(28)32/h5-21,23,31H,4,22H2,1-3H3. The van der Waals surface area contributed by atoms with Gasteiger partial charge in [-0.3, -0.25) is 0 Å². The van der Waals surface area contributed by atoms with Crippen molar-refractivity contribution in [2.75, 3.05) is 13.7 Å². The number of benzene rings is 4. The maximum absolute atomic E-state index is 6.88. The highest BCUT2D eigenvalue weighted by atomic mass is 16.7. The average Bonchev–Trinajstić information content (AvgIpc) is 3.22. The molecule has 4 aromatic carbocycles. The zero-order valence-electron chi connectivity index (χ0n) is 20.6. The van der Waals surface area contributed by atoms with Crippen molar-refractivity contribution in [3.8, 4) is 16.9 Å². The van der Waals surface area contributed by atoms with Gasteiger partial charge < -0.3 is 14.2 Å². The first-order valence-corrected chi connectivity index (χ1v) is 12.4. The Morgan fingerprint density at radius 2 is 1.29 bits per heavy atom. The molecule has 0 amide bonds. The maximum atomic E-state index is 6.88. The number of fused-ring (bicyclic) bond motifs is 3. The molecule has 35 heavy (non-hydrogen) atoms. The third-order valence-electron chi connectivity index (χ3n) is 7.11. The molecule has 3 nitrogen and oxygen atoms in total. The van der Waals surface area contributed by atoms with E-state index in [9.17, 15) is 0 Å². The molecule has 0 fully saturated rings. The first kappa shape index (κ1) is 23.3. The lowest BCUT2D eigenvalue weighted by Gasteiger charge is -2.34. The fourth-order valence-electron chi connectivity index (χ4n) is 5.02. The largest absolute Gasteiger partial charge is 0.462 e. The number of ether oxygens (including phenoxy) is 3. The van der Waals surface area contributed by atoms with Crippen molar-refractivity contribution in [2.24, 2.45) is 0 Å². The molecule has 0 radical (unpaired) electrons. The second kappa shape index (κ2) is 10.1. The van der Waals surface area contributed by atoms with Crippen LogP contribution < -0.4 is 4.74 Å². The SMILES string of the molecule is CCC(C)c1ccc(OC(COC2(c3ccccc3)c3ccccc3-c3ccccc32)OC)cc1. The topological polar surface area (TPSA) is 27.7 Å². The van der Waals surface area contributed by atoms with Crippen LogP contribution in [0.25, 0.3) is 11.1 Å². The van der Waals surface area contributed by atoms with Gasteiger partial charge in [0, 0.05) is 18.2 Å². The van der Waals surface area contributed by atoms with Gasteiger partial charge in [0.1, 0.15) is 18.0 Å². The van der Waals surface area contributed by atoms with Crippen molar-refractivity contribution in [3.05, 3.63) is 125 Å². The van der Waals surface area contributed by atoms with Crippen LogP contribution in [0.2, 0.25) is 0 Å². The van der Waals surface area contributed by atoms with Crippen LogP contribution in [0.4, 0.5) is 0 Å². The Kier molecular flexibility index (Phi) is 6.72. The van der Waals surface area contributed by atoms with Crippen molar-refractivity contribution in [1.82, 2.24) is 0 Å². The van der Waals surface area contributed by atoms with Crippen molar-refractivity contribution in [2.45, 2.75) is 38.1 Å². The van der Waals surface area contributed by atoms with Gasteiger partial charge in [0.05, 0.1) is 0 Å². The summed E-state index contributed by atoms with van der Waals surface area (Å²) in [5.41, 5.74) is 6.33. The first-order valence-electron chi connectivity index (χ1n) is 12.4. The molecule has 1 aliphatic rings. The summed E-state index contributed by atoms with van der Waals surface area (Å²) in [6, 6.07) is 35.7. The normalized spacial score (nSPS) is 15.2. The van der Waals surface area contributed by atoms with Gasteiger partial charge in [0.2, 0.25) is 6.29 Å². The van der Waals surface area contributed by atoms with Crippen molar-refractivity contribution >= 4 is 0 Å². The lowest BCUT2D eigenvalue weighted by atomic mass is 9.84. The lowest BCUT2D eigenvalue weighted by molar-refractivity contribution is -0.128. The van der Waals surface area contributed by atoms with Gasteiger partial charge in [-0.05, 0) is 46.7 Å². The summed E-state index contributed by atoms with van der Waals surface area (Å²) in [5, 5.41) is 0. The minimum absolute atomic E-state index is 0.265. The van der Waals surface area contributed by atoms with Crippen LogP contribution in [0.1, 0.15) is 48.4 Å². The molecule has 2 unspecified atom stereocenters. The number of methoxy groups -OCH3 is 1. The van der Waals surface area contributed by atoms with Crippen LogP contribution in [0.5, 0.6) is 5.75 Å². The molecule has 3 heteroatoms. The molecule has 178 valence electrons. The molecule has 2 atom stereocenters. The molecule has 4 aromatic rings. The zero-order chi connectivity index (χ0) is 24.3. The summed E-state index contributed by atoms with van der Waals surface area (Å²) >= 11 is 0. The first-order chi connectivity index (χ1) is 17.2. The van der Waals surface area contributed by atoms with E-state index in [4.69, 9.17) is 14.2 Å². The van der Waals surface area contributed by atoms with Crippen LogP contribution in [0, 0.1) is 0 Å². The Balaban J connectivity index is 1.47. The fourth-order valence-corrected chi connectivity index (χ4v) is 5.02. The minimum Gasteiger partial charge on any atom is -0.462 e. The summed E-state index contributed by atoms with van der Waals surface area (Å²) in [4.78, 5) is 0. The smallest absolute Gasteiger partial charge is 0.223 e. The molecule has 5 rings (SSSR count). The van der Waals surface area contributed by atoms with E-state index >= 15 is 0 Å². The Bertz CT molecular complexity index is 1220. The molecule has 0 aliphatic heterocycles. The van der Waals surface area contributed by atoms with Crippen molar-refractivity contribution < 1.29 is 14.2 Å². The minimum atomic E-state index is -0.741. The van der Waals surface area contributed by atoms with Crippen LogP contribution in [-0.4, -0.2) is 20.0 Å². The van der Waals surface area contributed by atoms with Crippen molar-refractivity contribution in [1.29, 1.82) is 0 Å². The van der Waals surface area contributed by atoms with E-state index < -0.39 is 11.9 Å². The highest BCUT2D eigenvalue weighted by Crippen LogP contribution is 2.53. The quantitative estimate of drug-likeness (QED) is 0.240. The van der Waals surface area contributed by atoms with Gasteiger partial charge >= 0.3 is 0 Å². The fraction of sp³-hybridized carbons (Fsp3) is 0.250. The zero-order valence-corrected chi connectivity index (χ0v) is 20.6. The predicted molar refractivity (Wildman–Crippen MR) is 141 cm³/mol. The third-order valence-corrected chi connectivity index (χ3v) is 7.11. The average molecular weight is 465 g/mol. The summed E-state index contributed by atoms with van der Waals surface area (Å²) in [6.07, 6.45) is 0.559. The van der Waals surface area contributed by atoms with Crippen LogP contribution >= 0.6 is 0 Å². The molecule has 0 spiro atoms.